The zero-order valence-corrected chi connectivity index (χ0v) is 18.5. The molecule has 1 atom stereocenters. The van der Waals surface area contributed by atoms with Crippen LogP contribution in [0.4, 0.5) is 4.79 Å². The first-order valence-corrected chi connectivity index (χ1v) is 11.6. The Hall–Kier alpha value is -3.35. The van der Waals surface area contributed by atoms with E-state index in [9.17, 15) is 19.5 Å². The molecule has 7 heteroatoms. The van der Waals surface area contributed by atoms with Crippen LogP contribution in [0.25, 0.3) is 11.1 Å². The van der Waals surface area contributed by atoms with E-state index in [1.165, 1.54) is 0 Å². The Labute approximate surface area is 192 Å². The first-order valence-electron chi connectivity index (χ1n) is 11.6. The van der Waals surface area contributed by atoms with Crippen molar-refractivity contribution in [3.63, 3.8) is 0 Å². The number of hydrogen-bond acceptors (Lipinski definition) is 4. The van der Waals surface area contributed by atoms with Gasteiger partial charge in [0.1, 0.15) is 12.6 Å². The average Bonchev–Trinajstić information content (AvgIpc) is 3.41. The molecule has 0 bridgehead atoms. The molecule has 1 aliphatic heterocycles. The number of ether oxygens (including phenoxy) is 1. The molecule has 33 heavy (non-hydrogen) atoms. The number of likely N-dealkylation sites (tertiary alicyclic amines) is 1. The molecule has 1 saturated carbocycles. The van der Waals surface area contributed by atoms with Gasteiger partial charge in [-0.05, 0) is 41.5 Å². The van der Waals surface area contributed by atoms with Crippen molar-refractivity contribution in [2.24, 2.45) is 0 Å². The number of alkyl carbamates (subject to hydrolysis) is 1. The Morgan fingerprint density at radius 2 is 1.61 bits per heavy atom. The van der Waals surface area contributed by atoms with Crippen molar-refractivity contribution in [2.45, 2.75) is 56.0 Å². The number of carbonyl (C=O) groups excluding carboxylic acids is 2. The van der Waals surface area contributed by atoms with Crippen LogP contribution in [0, 0.1) is 0 Å². The summed E-state index contributed by atoms with van der Waals surface area (Å²) in [5, 5.41) is 11.9. The Kier molecular flexibility index (Phi) is 5.56. The van der Waals surface area contributed by atoms with E-state index in [2.05, 4.69) is 17.4 Å². The predicted molar refractivity (Wildman–Crippen MR) is 122 cm³/mol. The lowest BCUT2D eigenvalue weighted by atomic mass is 9.82. The molecule has 2 amide bonds. The summed E-state index contributed by atoms with van der Waals surface area (Å²) in [4.78, 5) is 39.0. The van der Waals surface area contributed by atoms with Crippen molar-refractivity contribution in [3.05, 3.63) is 59.7 Å². The van der Waals surface area contributed by atoms with Crippen LogP contribution in [0.2, 0.25) is 0 Å². The fourth-order valence-corrected chi connectivity index (χ4v) is 5.78. The second kappa shape index (κ2) is 8.54. The van der Waals surface area contributed by atoms with Crippen LogP contribution in [0.1, 0.15) is 55.6 Å². The van der Waals surface area contributed by atoms with E-state index in [-0.39, 0.29) is 24.0 Å². The zero-order valence-electron chi connectivity index (χ0n) is 18.5. The molecule has 2 aliphatic carbocycles. The van der Waals surface area contributed by atoms with Crippen molar-refractivity contribution in [1.82, 2.24) is 10.2 Å². The average molecular weight is 449 g/mol. The van der Waals surface area contributed by atoms with Crippen LogP contribution < -0.4 is 5.32 Å². The maximum atomic E-state index is 13.1. The molecule has 2 fully saturated rings. The molecule has 1 spiro atoms. The van der Waals surface area contributed by atoms with E-state index >= 15 is 0 Å². The molecule has 7 nitrogen and oxygen atoms in total. The largest absolute Gasteiger partial charge is 0.481 e. The third-order valence-corrected chi connectivity index (χ3v) is 7.49. The third kappa shape index (κ3) is 3.86. The number of hydrogen-bond donors (Lipinski definition) is 2. The van der Waals surface area contributed by atoms with Crippen molar-refractivity contribution in [1.29, 1.82) is 0 Å². The molecular weight excluding hydrogens is 420 g/mol. The van der Waals surface area contributed by atoms with E-state index in [1.807, 2.05) is 36.4 Å². The number of amides is 2. The van der Waals surface area contributed by atoms with Gasteiger partial charge < -0.3 is 20.1 Å². The first-order chi connectivity index (χ1) is 16.0. The van der Waals surface area contributed by atoms with E-state index in [0.29, 0.717) is 6.54 Å². The van der Waals surface area contributed by atoms with Gasteiger partial charge >= 0.3 is 12.1 Å². The van der Waals surface area contributed by atoms with Crippen molar-refractivity contribution in [3.8, 4) is 11.1 Å². The number of carbonyl (C=O) groups is 3. The number of nitrogens with one attached hydrogen (secondary N) is 1. The number of fused-ring (bicyclic) bond motifs is 3. The molecule has 1 heterocycles. The molecule has 3 aliphatic rings. The summed E-state index contributed by atoms with van der Waals surface area (Å²) < 4.78 is 5.54. The molecular formula is C26H28N2O5. The lowest BCUT2D eigenvalue weighted by molar-refractivity contribution is -0.152. The molecule has 1 saturated heterocycles. The Morgan fingerprint density at radius 3 is 2.15 bits per heavy atom. The number of rotatable bonds is 6. The monoisotopic (exact) mass is 448 g/mol. The molecule has 0 radical (unpaired) electrons. The first kappa shape index (κ1) is 21.5. The molecule has 1 unspecified atom stereocenters. The van der Waals surface area contributed by atoms with E-state index in [0.717, 1.165) is 54.4 Å². The minimum atomic E-state index is -1.13. The molecule has 2 aromatic carbocycles. The van der Waals surface area contributed by atoms with Gasteiger partial charge in [-0.25, -0.2) is 4.79 Å². The van der Waals surface area contributed by atoms with Crippen molar-refractivity contribution < 1.29 is 24.2 Å². The molecule has 0 aromatic heterocycles. The smallest absolute Gasteiger partial charge is 0.407 e. The minimum absolute atomic E-state index is 0.103. The second-order valence-electron chi connectivity index (χ2n) is 9.29. The normalized spacial score (nSPS) is 18.8. The highest BCUT2D eigenvalue weighted by molar-refractivity contribution is 5.90. The van der Waals surface area contributed by atoms with E-state index < -0.39 is 24.5 Å². The number of benzene rings is 2. The van der Waals surface area contributed by atoms with Crippen LogP contribution in [-0.2, 0) is 14.3 Å². The van der Waals surface area contributed by atoms with Gasteiger partial charge in [0.05, 0.1) is 6.42 Å². The van der Waals surface area contributed by atoms with Crippen LogP contribution >= 0.6 is 0 Å². The lowest BCUT2D eigenvalue weighted by Crippen LogP contribution is -2.64. The highest BCUT2D eigenvalue weighted by Gasteiger charge is 2.50. The topological polar surface area (TPSA) is 95.9 Å². The standard InChI is InChI=1S/C26H28N2O5/c29-23(30)15-22(24(31)28-14-13-26(28)11-5-6-12-26)27-25(32)33-16-21-19-9-3-1-7-17(19)18-8-2-4-10-20(18)21/h1-4,7-10,21-22H,5-6,11-16H2,(H,27,32)(H,29,30). The quantitative estimate of drug-likeness (QED) is 0.699. The molecule has 5 rings (SSSR count). The van der Waals surface area contributed by atoms with Crippen molar-refractivity contribution >= 4 is 18.0 Å². The van der Waals surface area contributed by atoms with Crippen molar-refractivity contribution in [2.75, 3.05) is 13.2 Å². The summed E-state index contributed by atoms with van der Waals surface area (Å²) in [5.41, 5.74) is 4.29. The Balaban J connectivity index is 1.26. The van der Waals surface area contributed by atoms with E-state index in [1.54, 1.807) is 4.90 Å². The highest BCUT2D eigenvalue weighted by atomic mass is 16.5. The number of carboxylic acids is 1. The van der Waals surface area contributed by atoms with Crippen LogP contribution in [-0.4, -0.2) is 52.7 Å². The highest BCUT2D eigenvalue weighted by Crippen LogP contribution is 2.45. The predicted octanol–water partition coefficient (Wildman–Crippen LogP) is 3.91. The minimum Gasteiger partial charge on any atom is -0.481 e. The van der Waals surface area contributed by atoms with Gasteiger partial charge in [0.2, 0.25) is 5.91 Å². The summed E-state index contributed by atoms with van der Waals surface area (Å²) in [6.45, 7) is 0.725. The molecule has 2 N–H and O–H groups in total. The van der Waals surface area contributed by atoms with E-state index in [4.69, 9.17) is 4.74 Å². The van der Waals surface area contributed by atoms with Gasteiger partial charge in [0.25, 0.3) is 0 Å². The summed E-state index contributed by atoms with van der Waals surface area (Å²) in [6, 6.07) is 14.9. The SMILES string of the molecule is O=C(O)CC(NC(=O)OCC1c2ccccc2-c2ccccc21)C(=O)N1CCC12CCCC2. The fraction of sp³-hybridized carbons (Fsp3) is 0.423. The fourth-order valence-electron chi connectivity index (χ4n) is 5.78. The lowest BCUT2D eigenvalue weighted by Gasteiger charge is -2.52. The summed E-state index contributed by atoms with van der Waals surface area (Å²) in [7, 11) is 0. The number of carboxylic acid groups (broad SMARTS) is 1. The second-order valence-corrected chi connectivity index (χ2v) is 9.29. The van der Waals surface area contributed by atoms with Crippen LogP contribution in [0.3, 0.4) is 0 Å². The van der Waals surface area contributed by atoms with Gasteiger partial charge in [-0.1, -0.05) is 61.4 Å². The summed E-state index contributed by atoms with van der Waals surface area (Å²) in [6.07, 6.45) is 3.77. The van der Waals surface area contributed by atoms with Gasteiger partial charge in [-0.15, -0.1) is 0 Å². The van der Waals surface area contributed by atoms with Crippen LogP contribution in [0.15, 0.2) is 48.5 Å². The van der Waals surface area contributed by atoms with Gasteiger partial charge in [0, 0.05) is 18.0 Å². The van der Waals surface area contributed by atoms with Gasteiger partial charge in [0.15, 0.2) is 0 Å². The summed E-state index contributed by atoms with van der Waals surface area (Å²) in [5.74, 6) is -1.55. The van der Waals surface area contributed by atoms with Crippen LogP contribution in [0.5, 0.6) is 0 Å². The zero-order chi connectivity index (χ0) is 23.0. The number of aliphatic carboxylic acids is 1. The molecule has 172 valence electrons. The Bertz CT molecular complexity index is 1050. The number of nitrogens with zero attached hydrogens (tertiary/aromatic N) is 1. The maximum absolute atomic E-state index is 13.1. The Morgan fingerprint density at radius 1 is 1.00 bits per heavy atom. The summed E-state index contributed by atoms with van der Waals surface area (Å²) >= 11 is 0. The molecule has 2 aromatic rings. The maximum Gasteiger partial charge on any atom is 0.407 e. The van der Waals surface area contributed by atoms with Gasteiger partial charge in [-0.2, -0.15) is 0 Å². The van der Waals surface area contributed by atoms with Gasteiger partial charge in [-0.3, -0.25) is 9.59 Å². The third-order valence-electron chi connectivity index (χ3n) is 7.49.